The van der Waals surface area contributed by atoms with Crippen molar-refractivity contribution in [3.05, 3.63) is 6.33 Å². The van der Waals surface area contributed by atoms with Crippen molar-refractivity contribution in [1.82, 2.24) is 24.4 Å². The lowest BCUT2D eigenvalue weighted by Gasteiger charge is -2.32. The van der Waals surface area contributed by atoms with E-state index in [1.54, 1.807) is 0 Å². The molecule has 5 rings (SSSR count). The standard InChI is InChI=1S/C26H42N8O2.2ClH/c1-17(2)15-36-26(35)33-13-11-20(12-14-33)29-23-22-24(34(16-28-22)21-5-3-4-6-21)32-25(31-23)30-19-9-7-18(27)8-10-19;;/h16-21H,3-15,27H2,1-2H3,(H2,29,30,31,32);2*1H. The lowest BCUT2D eigenvalue weighted by Crippen LogP contribution is -2.43. The molecule has 2 aromatic rings. The summed E-state index contributed by atoms with van der Waals surface area (Å²) in [7, 11) is 0. The fourth-order valence-electron chi connectivity index (χ4n) is 5.71. The number of aromatic nitrogens is 4. The minimum atomic E-state index is -0.208. The molecule has 3 heterocycles. The maximum absolute atomic E-state index is 12.4. The van der Waals surface area contributed by atoms with E-state index in [2.05, 4.69) is 15.2 Å². The van der Waals surface area contributed by atoms with E-state index in [1.165, 1.54) is 25.7 Å². The SMILES string of the molecule is CC(C)COC(=O)N1CCC(Nc2nc(NC3CCC(N)CC3)nc3c2ncn3C2CCCC2)CC1.Cl.Cl. The quantitative estimate of drug-likeness (QED) is 0.418. The van der Waals surface area contributed by atoms with E-state index in [1.807, 2.05) is 25.1 Å². The molecule has 12 heteroatoms. The zero-order valence-electron chi connectivity index (χ0n) is 22.6. The van der Waals surface area contributed by atoms with Crippen LogP contribution in [0.1, 0.15) is 84.1 Å². The smallest absolute Gasteiger partial charge is 0.409 e. The van der Waals surface area contributed by atoms with Crippen LogP contribution >= 0.6 is 24.8 Å². The number of likely N-dealkylation sites (tertiary alicyclic amines) is 1. The van der Waals surface area contributed by atoms with E-state index in [0.717, 1.165) is 55.5 Å². The number of amides is 1. The van der Waals surface area contributed by atoms with Crippen molar-refractivity contribution in [2.45, 2.75) is 102 Å². The van der Waals surface area contributed by atoms with Crippen molar-refractivity contribution in [3.63, 3.8) is 0 Å². The van der Waals surface area contributed by atoms with Gasteiger partial charge in [0.25, 0.3) is 0 Å². The van der Waals surface area contributed by atoms with Gasteiger partial charge in [-0.05, 0) is 57.3 Å². The van der Waals surface area contributed by atoms with Crippen LogP contribution in [0, 0.1) is 5.92 Å². The molecule has 2 aromatic heterocycles. The molecule has 214 valence electrons. The number of rotatable bonds is 7. The van der Waals surface area contributed by atoms with Gasteiger partial charge in [-0.2, -0.15) is 9.97 Å². The number of nitrogens with zero attached hydrogens (tertiary/aromatic N) is 5. The van der Waals surface area contributed by atoms with Gasteiger partial charge in [0.05, 0.1) is 12.9 Å². The first-order valence-corrected chi connectivity index (χ1v) is 13.9. The van der Waals surface area contributed by atoms with E-state index in [-0.39, 0.29) is 36.9 Å². The third kappa shape index (κ3) is 7.33. The highest BCUT2D eigenvalue weighted by Gasteiger charge is 2.27. The fourth-order valence-corrected chi connectivity index (χ4v) is 5.71. The number of hydrogen-bond donors (Lipinski definition) is 3. The zero-order valence-corrected chi connectivity index (χ0v) is 24.2. The third-order valence-corrected chi connectivity index (χ3v) is 7.88. The summed E-state index contributed by atoms with van der Waals surface area (Å²) in [6.07, 6.45) is 12.4. The number of carbonyl (C=O) groups is 1. The first kappa shape index (κ1) is 30.5. The number of nitrogens with one attached hydrogen (secondary N) is 2. The minimum Gasteiger partial charge on any atom is -0.449 e. The number of nitrogens with two attached hydrogens (primary N) is 1. The maximum atomic E-state index is 12.4. The minimum absolute atomic E-state index is 0. The molecule has 3 aliphatic rings. The van der Waals surface area contributed by atoms with Crippen LogP contribution in [0.15, 0.2) is 6.33 Å². The number of carbonyl (C=O) groups excluding carboxylic acids is 1. The Labute approximate surface area is 238 Å². The van der Waals surface area contributed by atoms with Gasteiger partial charge in [-0.1, -0.05) is 26.7 Å². The topological polar surface area (TPSA) is 123 Å². The fraction of sp³-hybridized carbons (Fsp3) is 0.769. The highest BCUT2D eigenvalue weighted by atomic mass is 35.5. The molecule has 0 aromatic carbocycles. The zero-order chi connectivity index (χ0) is 25.1. The van der Waals surface area contributed by atoms with Crippen LogP contribution in [-0.2, 0) is 4.74 Å². The first-order chi connectivity index (χ1) is 17.5. The van der Waals surface area contributed by atoms with Crippen LogP contribution in [0.25, 0.3) is 11.2 Å². The molecule has 2 aliphatic carbocycles. The number of imidazole rings is 1. The molecule has 0 unspecified atom stereocenters. The van der Waals surface area contributed by atoms with Crippen molar-refractivity contribution in [2.24, 2.45) is 11.7 Å². The van der Waals surface area contributed by atoms with E-state index in [9.17, 15) is 4.79 Å². The molecular formula is C26H44Cl2N8O2. The van der Waals surface area contributed by atoms with Crippen LogP contribution in [0.2, 0.25) is 0 Å². The Hall–Kier alpha value is -2.04. The van der Waals surface area contributed by atoms with E-state index in [0.29, 0.717) is 49.7 Å². The van der Waals surface area contributed by atoms with Crippen molar-refractivity contribution < 1.29 is 9.53 Å². The van der Waals surface area contributed by atoms with Gasteiger partial charge in [-0.15, -0.1) is 24.8 Å². The average Bonchev–Trinajstić information content (AvgIpc) is 3.54. The van der Waals surface area contributed by atoms with Gasteiger partial charge < -0.3 is 30.6 Å². The molecule has 38 heavy (non-hydrogen) atoms. The van der Waals surface area contributed by atoms with Crippen LogP contribution in [0.4, 0.5) is 16.6 Å². The summed E-state index contributed by atoms with van der Waals surface area (Å²) in [6.45, 7) is 5.90. The molecule has 1 aliphatic heterocycles. The van der Waals surface area contributed by atoms with Crippen LogP contribution in [-0.4, -0.2) is 68.3 Å². The molecule has 3 fully saturated rings. The summed E-state index contributed by atoms with van der Waals surface area (Å²) < 4.78 is 7.67. The van der Waals surface area contributed by atoms with Gasteiger partial charge in [0.15, 0.2) is 17.0 Å². The molecule has 2 saturated carbocycles. The summed E-state index contributed by atoms with van der Waals surface area (Å²) in [5.41, 5.74) is 7.85. The second-order valence-electron chi connectivity index (χ2n) is 11.3. The summed E-state index contributed by atoms with van der Waals surface area (Å²) in [5.74, 6) is 1.79. The molecule has 10 nitrogen and oxygen atoms in total. The van der Waals surface area contributed by atoms with Crippen LogP contribution in [0.3, 0.4) is 0 Å². The van der Waals surface area contributed by atoms with Crippen molar-refractivity contribution in [1.29, 1.82) is 0 Å². The van der Waals surface area contributed by atoms with Crippen LogP contribution < -0.4 is 16.4 Å². The molecule has 1 saturated heterocycles. The number of anilines is 2. The number of halogens is 2. The maximum Gasteiger partial charge on any atom is 0.409 e. The molecule has 0 radical (unpaired) electrons. The lowest BCUT2D eigenvalue weighted by atomic mass is 9.92. The Kier molecular flexibility index (Phi) is 11.1. The Bertz CT molecular complexity index is 1030. The number of fused-ring (bicyclic) bond motifs is 1. The van der Waals surface area contributed by atoms with Gasteiger partial charge in [0.2, 0.25) is 5.95 Å². The Morgan fingerprint density at radius 1 is 1.00 bits per heavy atom. The molecule has 4 N–H and O–H groups in total. The van der Waals surface area contributed by atoms with Gasteiger partial charge in [-0.25, -0.2) is 9.78 Å². The van der Waals surface area contributed by atoms with Crippen molar-refractivity contribution in [3.8, 4) is 0 Å². The monoisotopic (exact) mass is 570 g/mol. The summed E-state index contributed by atoms with van der Waals surface area (Å²) in [6, 6.07) is 1.33. The highest BCUT2D eigenvalue weighted by Crippen LogP contribution is 2.34. The van der Waals surface area contributed by atoms with Gasteiger partial charge in [0.1, 0.15) is 0 Å². The summed E-state index contributed by atoms with van der Waals surface area (Å²) >= 11 is 0. The average molecular weight is 572 g/mol. The summed E-state index contributed by atoms with van der Waals surface area (Å²) in [5, 5.41) is 7.25. The Morgan fingerprint density at radius 2 is 1.66 bits per heavy atom. The molecule has 1 amide bonds. The Morgan fingerprint density at radius 3 is 2.32 bits per heavy atom. The summed E-state index contributed by atoms with van der Waals surface area (Å²) in [4.78, 5) is 28.8. The largest absolute Gasteiger partial charge is 0.449 e. The number of piperidine rings is 1. The third-order valence-electron chi connectivity index (χ3n) is 7.88. The second kappa shape index (κ2) is 13.8. The molecular weight excluding hydrogens is 527 g/mol. The van der Waals surface area contributed by atoms with Crippen molar-refractivity contribution in [2.75, 3.05) is 30.3 Å². The highest BCUT2D eigenvalue weighted by molar-refractivity contribution is 5.86. The van der Waals surface area contributed by atoms with Gasteiger partial charge >= 0.3 is 6.09 Å². The van der Waals surface area contributed by atoms with E-state index < -0.39 is 0 Å². The molecule has 0 atom stereocenters. The van der Waals surface area contributed by atoms with Gasteiger partial charge in [0, 0.05) is 37.3 Å². The number of hydrogen-bond acceptors (Lipinski definition) is 8. The molecule has 0 spiro atoms. The van der Waals surface area contributed by atoms with E-state index >= 15 is 0 Å². The van der Waals surface area contributed by atoms with Gasteiger partial charge in [-0.3, -0.25) is 0 Å². The van der Waals surface area contributed by atoms with E-state index in [4.69, 9.17) is 25.4 Å². The van der Waals surface area contributed by atoms with Crippen LogP contribution in [0.5, 0.6) is 0 Å². The first-order valence-electron chi connectivity index (χ1n) is 13.9. The Balaban J connectivity index is 0.00000200. The molecule has 0 bridgehead atoms. The second-order valence-corrected chi connectivity index (χ2v) is 11.3. The lowest BCUT2D eigenvalue weighted by molar-refractivity contribution is 0.0845. The number of ether oxygens (including phenoxy) is 1. The predicted molar refractivity (Wildman–Crippen MR) is 156 cm³/mol. The predicted octanol–water partition coefficient (Wildman–Crippen LogP) is 5.14. The normalized spacial score (nSPS) is 22.7. The van der Waals surface area contributed by atoms with Crippen molar-refractivity contribution >= 4 is 53.8 Å².